The number of halogens is 5. The topological polar surface area (TPSA) is 81.1 Å². The number of pyridine rings is 1. The molecule has 3 heterocycles. The van der Waals surface area contributed by atoms with Crippen molar-refractivity contribution in [1.29, 1.82) is 0 Å². The molecular weight excluding hydrogens is 530 g/mol. The second-order valence-corrected chi connectivity index (χ2v) is 10.1. The zero-order chi connectivity index (χ0) is 26.7. The normalized spacial score (nSPS) is 14.4. The van der Waals surface area contributed by atoms with Crippen LogP contribution in [0.4, 0.5) is 30.5 Å². The van der Waals surface area contributed by atoms with Gasteiger partial charge in [0.15, 0.2) is 0 Å². The number of anilines is 3. The number of benzene rings is 2. The van der Waals surface area contributed by atoms with Gasteiger partial charge in [-0.05, 0) is 44.2 Å². The van der Waals surface area contributed by atoms with E-state index < -0.39 is 23.2 Å². The van der Waals surface area contributed by atoms with Gasteiger partial charge in [0.2, 0.25) is 5.95 Å². The van der Waals surface area contributed by atoms with E-state index in [2.05, 4.69) is 20.6 Å². The Bertz CT molecular complexity index is 1530. The summed E-state index contributed by atoms with van der Waals surface area (Å²) in [6, 6.07) is 5.82. The minimum Gasteiger partial charge on any atom is -0.486 e. The van der Waals surface area contributed by atoms with Crippen molar-refractivity contribution in [3.05, 3.63) is 69.5 Å². The maximum atomic E-state index is 13.3. The third kappa shape index (κ3) is 4.67. The third-order valence-electron chi connectivity index (χ3n) is 5.99. The van der Waals surface area contributed by atoms with Gasteiger partial charge < -0.3 is 19.9 Å². The number of hydrogen-bond donors (Lipinski definition) is 2. The largest absolute Gasteiger partial charge is 0.486 e. The standard InChI is InChI=1S/C25H20Cl2F3N5O2/c1-24(2)9-15-20-18(33-23(35(20)3)34-19-16(26)10-31-11-17(19)27)8-14(21(15)37-24)22(36)32-13-6-4-12(5-7-13)25(28,29)30/h4-8,10-11H,9H2,1-3H3,(H,32,36)(H,31,33,34). The van der Waals surface area contributed by atoms with Crippen LogP contribution in [0.3, 0.4) is 0 Å². The van der Waals surface area contributed by atoms with Crippen molar-refractivity contribution in [2.45, 2.75) is 32.0 Å². The number of carbonyl (C=O) groups excluding carboxylic acids is 1. The van der Waals surface area contributed by atoms with Crippen molar-refractivity contribution >= 4 is 57.5 Å². The number of nitrogens with zero attached hydrogens (tertiary/aromatic N) is 3. The van der Waals surface area contributed by atoms with E-state index in [4.69, 9.17) is 27.9 Å². The van der Waals surface area contributed by atoms with Gasteiger partial charge >= 0.3 is 6.18 Å². The molecule has 0 saturated heterocycles. The molecule has 192 valence electrons. The Labute approximate surface area is 219 Å². The summed E-state index contributed by atoms with van der Waals surface area (Å²) in [7, 11) is 1.81. The molecule has 0 atom stereocenters. The summed E-state index contributed by atoms with van der Waals surface area (Å²) in [4.78, 5) is 21.9. The summed E-state index contributed by atoms with van der Waals surface area (Å²) in [5.41, 5.74) is 1.54. The van der Waals surface area contributed by atoms with Crippen molar-refractivity contribution in [3.63, 3.8) is 0 Å². The first-order valence-electron chi connectivity index (χ1n) is 11.1. The molecule has 0 aliphatic carbocycles. The van der Waals surface area contributed by atoms with Crippen LogP contribution >= 0.6 is 23.2 Å². The molecule has 2 aromatic heterocycles. The first-order valence-corrected chi connectivity index (χ1v) is 11.9. The number of hydrogen-bond acceptors (Lipinski definition) is 5. The van der Waals surface area contributed by atoms with Crippen molar-refractivity contribution in [2.24, 2.45) is 7.05 Å². The highest BCUT2D eigenvalue weighted by molar-refractivity contribution is 6.39. The second-order valence-electron chi connectivity index (χ2n) is 9.26. The lowest BCUT2D eigenvalue weighted by atomic mass is 9.98. The molecule has 0 saturated carbocycles. The van der Waals surface area contributed by atoms with Gasteiger partial charge in [-0.3, -0.25) is 9.78 Å². The number of ether oxygens (including phenoxy) is 1. The van der Waals surface area contributed by atoms with E-state index in [0.717, 1.165) is 23.2 Å². The molecule has 37 heavy (non-hydrogen) atoms. The van der Waals surface area contributed by atoms with E-state index in [0.29, 0.717) is 39.4 Å². The smallest absolute Gasteiger partial charge is 0.416 e. The maximum Gasteiger partial charge on any atom is 0.416 e. The van der Waals surface area contributed by atoms with Gasteiger partial charge in [0.1, 0.15) is 11.4 Å². The zero-order valence-corrected chi connectivity index (χ0v) is 21.3. The average molecular weight is 550 g/mol. The number of nitrogens with one attached hydrogen (secondary N) is 2. The number of fused-ring (bicyclic) bond motifs is 3. The van der Waals surface area contributed by atoms with Crippen molar-refractivity contribution < 1.29 is 22.7 Å². The van der Waals surface area contributed by atoms with Crippen LogP contribution in [0.5, 0.6) is 5.75 Å². The predicted octanol–water partition coefficient (Wildman–Crippen LogP) is 7.00. The van der Waals surface area contributed by atoms with Crippen LogP contribution in [0, 0.1) is 0 Å². The fourth-order valence-corrected chi connectivity index (χ4v) is 4.79. The average Bonchev–Trinajstić information content (AvgIpc) is 3.30. The van der Waals surface area contributed by atoms with E-state index in [1.807, 2.05) is 25.5 Å². The molecule has 0 unspecified atom stereocenters. The zero-order valence-electron chi connectivity index (χ0n) is 19.8. The van der Waals surface area contributed by atoms with Crippen LogP contribution in [0.15, 0.2) is 42.7 Å². The van der Waals surface area contributed by atoms with Gasteiger partial charge in [0, 0.05) is 37.1 Å². The number of amides is 1. The molecule has 4 aromatic rings. The van der Waals surface area contributed by atoms with Gasteiger partial charge in [-0.25, -0.2) is 4.98 Å². The van der Waals surface area contributed by atoms with Crippen molar-refractivity contribution in [3.8, 4) is 5.75 Å². The summed E-state index contributed by atoms with van der Waals surface area (Å²) in [6.07, 6.45) is -1.05. The summed E-state index contributed by atoms with van der Waals surface area (Å²) in [5.74, 6) is 0.296. The van der Waals surface area contributed by atoms with Crippen LogP contribution in [0.25, 0.3) is 11.0 Å². The minimum atomic E-state index is -4.47. The fraction of sp³-hybridized carbons (Fsp3) is 0.240. The molecule has 5 rings (SSSR count). The van der Waals surface area contributed by atoms with Gasteiger partial charge in [0.05, 0.1) is 37.9 Å². The van der Waals surface area contributed by atoms with Gasteiger partial charge in [-0.15, -0.1) is 0 Å². The summed E-state index contributed by atoms with van der Waals surface area (Å²) in [6.45, 7) is 3.81. The number of carbonyl (C=O) groups is 1. The van der Waals surface area contributed by atoms with Gasteiger partial charge in [-0.1, -0.05) is 23.2 Å². The van der Waals surface area contributed by atoms with Gasteiger partial charge in [0.25, 0.3) is 5.91 Å². The first kappa shape index (κ1) is 25.2. The van der Waals surface area contributed by atoms with Crippen molar-refractivity contribution in [2.75, 3.05) is 10.6 Å². The van der Waals surface area contributed by atoms with Crippen LogP contribution in [-0.2, 0) is 19.6 Å². The number of aromatic nitrogens is 3. The summed E-state index contributed by atoms with van der Waals surface area (Å²) < 4.78 is 46.7. The predicted molar refractivity (Wildman–Crippen MR) is 136 cm³/mol. The SMILES string of the molecule is Cn1c(Nc2c(Cl)cncc2Cl)nc2cc(C(=O)Nc3ccc(C(F)(F)F)cc3)c3c(c21)CC(C)(C)O3. The van der Waals surface area contributed by atoms with E-state index in [9.17, 15) is 18.0 Å². The summed E-state index contributed by atoms with van der Waals surface area (Å²) >= 11 is 12.5. The third-order valence-corrected chi connectivity index (χ3v) is 6.57. The lowest BCUT2D eigenvalue weighted by molar-refractivity contribution is -0.137. The number of aryl methyl sites for hydroxylation is 1. The fourth-order valence-electron chi connectivity index (χ4n) is 4.33. The molecule has 0 spiro atoms. The summed E-state index contributed by atoms with van der Waals surface area (Å²) in [5, 5.41) is 6.41. The monoisotopic (exact) mass is 549 g/mol. The Balaban J connectivity index is 1.55. The molecule has 0 fully saturated rings. The van der Waals surface area contributed by atoms with E-state index >= 15 is 0 Å². The Morgan fingerprint density at radius 2 is 1.78 bits per heavy atom. The minimum absolute atomic E-state index is 0.217. The van der Waals surface area contributed by atoms with Crippen LogP contribution in [0.1, 0.15) is 35.3 Å². The van der Waals surface area contributed by atoms with Crippen LogP contribution in [0.2, 0.25) is 10.0 Å². The number of imidazole rings is 1. The van der Waals surface area contributed by atoms with E-state index in [1.165, 1.54) is 24.5 Å². The molecule has 0 bridgehead atoms. The Morgan fingerprint density at radius 1 is 1.14 bits per heavy atom. The molecule has 2 aromatic carbocycles. The molecular formula is C25H20Cl2F3N5O2. The molecule has 12 heteroatoms. The quantitative estimate of drug-likeness (QED) is 0.286. The van der Waals surface area contributed by atoms with E-state index in [1.54, 1.807) is 6.07 Å². The van der Waals surface area contributed by atoms with Gasteiger partial charge in [-0.2, -0.15) is 13.2 Å². The van der Waals surface area contributed by atoms with Crippen LogP contribution in [-0.4, -0.2) is 26.0 Å². The van der Waals surface area contributed by atoms with E-state index in [-0.39, 0.29) is 11.3 Å². The molecule has 1 aliphatic heterocycles. The molecule has 2 N–H and O–H groups in total. The lowest BCUT2D eigenvalue weighted by Crippen LogP contribution is -2.25. The lowest BCUT2D eigenvalue weighted by Gasteiger charge is -2.18. The Morgan fingerprint density at radius 3 is 2.41 bits per heavy atom. The number of alkyl halides is 3. The Kier molecular flexibility index (Phi) is 5.99. The highest BCUT2D eigenvalue weighted by Crippen LogP contribution is 2.44. The number of rotatable bonds is 4. The highest BCUT2D eigenvalue weighted by Gasteiger charge is 2.37. The molecule has 1 aliphatic rings. The molecule has 0 radical (unpaired) electrons. The second kappa shape index (κ2) is 8.81. The molecule has 1 amide bonds. The molecule has 7 nitrogen and oxygen atoms in total. The van der Waals surface area contributed by atoms with Crippen LogP contribution < -0.4 is 15.4 Å². The van der Waals surface area contributed by atoms with Crippen molar-refractivity contribution in [1.82, 2.24) is 14.5 Å². The Hall–Kier alpha value is -3.50. The first-order chi connectivity index (χ1) is 17.3. The maximum absolute atomic E-state index is 13.3. The highest BCUT2D eigenvalue weighted by atomic mass is 35.5.